The van der Waals surface area contributed by atoms with Gasteiger partial charge in [0.1, 0.15) is 0 Å². The third-order valence-electron chi connectivity index (χ3n) is 4.60. The summed E-state index contributed by atoms with van der Waals surface area (Å²) in [5.41, 5.74) is -3.39. The molecule has 3 rings (SSSR count). The van der Waals surface area contributed by atoms with Crippen LogP contribution in [0.4, 0.5) is 43.9 Å². The predicted octanol–water partition coefficient (Wildman–Crippen LogP) is 5.48. The lowest BCUT2D eigenvalue weighted by atomic mass is 9.38. The first-order valence-corrected chi connectivity index (χ1v) is 9.76. The molecule has 0 spiro atoms. The van der Waals surface area contributed by atoms with Crippen molar-refractivity contribution < 1.29 is 43.9 Å². The molecule has 3 aromatic carbocycles. The second kappa shape index (κ2) is 9.47. The summed E-state index contributed by atoms with van der Waals surface area (Å²) < 4.78 is 139. The van der Waals surface area contributed by atoms with Crippen molar-refractivity contribution in [3.63, 3.8) is 0 Å². The van der Waals surface area contributed by atoms with E-state index in [2.05, 4.69) is 0 Å². The molecule has 0 amide bonds. The summed E-state index contributed by atoms with van der Waals surface area (Å²) in [5, 5.41) is 0. The SMILES string of the molecule is Fc1c(F)c(F)c(B(CCSc2ccccc2)c2c(F)c(F)c(F)c(F)c2F)c(F)c1F. The van der Waals surface area contributed by atoms with Gasteiger partial charge in [0.25, 0.3) is 0 Å². The van der Waals surface area contributed by atoms with Crippen molar-refractivity contribution in [2.45, 2.75) is 11.2 Å². The van der Waals surface area contributed by atoms with Crippen LogP contribution in [0.2, 0.25) is 6.32 Å². The second-order valence-electron chi connectivity index (χ2n) is 6.47. The van der Waals surface area contributed by atoms with Gasteiger partial charge in [-0.2, -0.15) is 0 Å². The van der Waals surface area contributed by atoms with Gasteiger partial charge in [-0.3, -0.25) is 0 Å². The highest BCUT2D eigenvalue weighted by atomic mass is 32.2. The fourth-order valence-electron chi connectivity index (χ4n) is 3.10. The minimum absolute atomic E-state index is 0.229. The molecule has 32 heavy (non-hydrogen) atoms. The first kappa shape index (κ1) is 24.0. The maximum atomic E-state index is 14.4. The Morgan fingerprint density at radius 2 is 0.844 bits per heavy atom. The van der Waals surface area contributed by atoms with Crippen LogP contribution in [0.3, 0.4) is 0 Å². The molecule has 0 aromatic heterocycles. The molecule has 0 N–H and O–H groups in total. The van der Waals surface area contributed by atoms with Crippen LogP contribution in [0.1, 0.15) is 0 Å². The highest BCUT2D eigenvalue weighted by Gasteiger charge is 2.39. The highest BCUT2D eigenvalue weighted by molar-refractivity contribution is 7.99. The van der Waals surface area contributed by atoms with Crippen LogP contribution in [0, 0.1) is 58.2 Å². The van der Waals surface area contributed by atoms with Crippen LogP contribution in [0.15, 0.2) is 35.2 Å². The van der Waals surface area contributed by atoms with Gasteiger partial charge in [0.15, 0.2) is 58.2 Å². The smallest absolute Gasteiger partial charge is 0.204 e. The molecular weight excluding hydrogens is 473 g/mol. The quantitative estimate of drug-likeness (QED) is 0.148. The molecule has 0 radical (unpaired) electrons. The normalized spacial score (nSPS) is 11.2. The van der Waals surface area contributed by atoms with E-state index in [1.807, 2.05) is 0 Å². The Balaban J connectivity index is 2.19. The van der Waals surface area contributed by atoms with Crippen molar-refractivity contribution >= 4 is 29.4 Å². The zero-order valence-electron chi connectivity index (χ0n) is 15.6. The largest absolute Gasteiger partial charge is 0.226 e. The molecule has 0 unspecified atom stereocenters. The lowest BCUT2D eigenvalue weighted by Crippen LogP contribution is -2.51. The molecule has 0 atom stereocenters. The summed E-state index contributed by atoms with van der Waals surface area (Å²) >= 11 is 0.972. The van der Waals surface area contributed by atoms with Crippen molar-refractivity contribution in [3.8, 4) is 0 Å². The summed E-state index contributed by atoms with van der Waals surface area (Å²) in [4.78, 5) is 0.570. The van der Waals surface area contributed by atoms with Crippen molar-refractivity contribution in [2.24, 2.45) is 0 Å². The average molecular weight is 482 g/mol. The molecule has 0 bridgehead atoms. The Morgan fingerprint density at radius 1 is 0.500 bits per heavy atom. The third kappa shape index (κ3) is 4.20. The zero-order valence-corrected chi connectivity index (χ0v) is 16.4. The predicted molar refractivity (Wildman–Crippen MR) is 99.5 cm³/mol. The Morgan fingerprint density at radius 3 is 1.22 bits per heavy atom. The van der Waals surface area contributed by atoms with E-state index < -0.39 is 82.1 Å². The van der Waals surface area contributed by atoms with Crippen molar-refractivity contribution in [3.05, 3.63) is 88.5 Å². The van der Waals surface area contributed by atoms with Gasteiger partial charge in [0.05, 0.1) is 0 Å². The number of thioether (sulfide) groups is 1. The second-order valence-corrected chi connectivity index (χ2v) is 7.64. The molecule has 0 heterocycles. The molecule has 0 fully saturated rings. The first-order valence-electron chi connectivity index (χ1n) is 8.78. The van der Waals surface area contributed by atoms with Crippen LogP contribution in [0.25, 0.3) is 0 Å². The number of rotatable bonds is 6. The summed E-state index contributed by atoms with van der Waals surface area (Å²) in [6, 6.07) is 8.09. The lowest BCUT2D eigenvalue weighted by Gasteiger charge is -2.19. The van der Waals surface area contributed by atoms with E-state index in [1.165, 1.54) is 0 Å². The van der Waals surface area contributed by atoms with Crippen LogP contribution in [-0.2, 0) is 0 Å². The van der Waals surface area contributed by atoms with Crippen molar-refractivity contribution in [1.82, 2.24) is 0 Å². The van der Waals surface area contributed by atoms with E-state index in [-0.39, 0.29) is 5.75 Å². The summed E-state index contributed by atoms with van der Waals surface area (Å²) in [5.74, 6) is -24.7. The van der Waals surface area contributed by atoms with Gasteiger partial charge in [-0.15, -0.1) is 11.8 Å². The Labute approximate surface area is 179 Å². The van der Waals surface area contributed by atoms with Crippen LogP contribution in [-0.4, -0.2) is 12.5 Å². The minimum atomic E-state index is -2.53. The first-order chi connectivity index (χ1) is 15.1. The summed E-state index contributed by atoms with van der Waals surface area (Å²) in [6.07, 6.45) is -0.726. The van der Waals surface area contributed by atoms with Gasteiger partial charge in [-0.05, 0) is 17.9 Å². The van der Waals surface area contributed by atoms with Crippen LogP contribution < -0.4 is 10.9 Å². The Bertz CT molecular complexity index is 1040. The van der Waals surface area contributed by atoms with E-state index in [0.717, 1.165) is 11.8 Å². The van der Waals surface area contributed by atoms with Gasteiger partial charge in [-0.1, -0.05) is 24.5 Å². The number of benzene rings is 3. The summed E-state index contributed by atoms with van der Waals surface area (Å²) in [6.45, 7) is -2.37. The van der Waals surface area contributed by atoms with Gasteiger partial charge >= 0.3 is 0 Å². The van der Waals surface area contributed by atoms with Gasteiger partial charge < -0.3 is 0 Å². The van der Waals surface area contributed by atoms with E-state index >= 15 is 0 Å². The molecule has 168 valence electrons. The van der Waals surface area contributed by atoms with Crippen molar-refractivity contribution in [2.75, 3.05) is 5.75 Å². The highest BCUT2D eigenvalue weighted by Crippen LogP contribution is 2.24. The Kier molecular flexibility index (Phi) is 7.11. The molecule has 0 saturated carbocycles. The molecule has 3 aromatic rings. The van der Waals surface area contributed by atoms with E-state index in [9.17, 15) is 43.9 Å². The standard InChI is InChI=1S/C20H9BF10S/c22-11-9(12(23)16(27)19(30)15(11)26)21(6-7-32-8-4-2-1-3-5-8)10-13(24)17(28)20(31)18(29)14(10)25/h1-5H,6-7H2. The lowest BCUT2D eigenvalue weighted by molar-refractivity contribution is 0.382. The Hall–Kier alpha value is -2.63. The van der Waals surface area contributed by atoms with E-state index in [4.69, 9.17) is 0 Å². The molecule has 0 aliphatic heterocycles. The molecule has 0 saturated heterocycles. The molecular formula is C20H9BF10S. The fourth-order valence-corrected chi connectivity index (χ4v) is 4.04. The van der Waals surface area contributed by atoms with E-state index in [0.29, 0.717) is 4.90 Å². The zero-order chi connectivity index (χ0) is 23.7. The maximum Gasteiger partial charge on any atom is 0.226 e. The van der Waals surface area contributed by atoms with Crippen LogP contribution >= 0.6 is 11.8 Å². The van der Waals surface area contributed by atoms with Crippen molar-refractivity contribution in [1.29, 1.82) is 0 Å². The molecule has 0 aliphatic carbocycles. The summed E-state index contributed by atoms with van der Waals surface area (Å²) in [7, 11) is 0. The number of hydrogen-bond donors (Lipinski definition) is 0. The van der Waals surface area contributed by atoms with E-state index in [1.54, 1.807) is 30.3 Å². The van der Waals surface area contributed by atoms with Gasteiger partial charge in [0, 0.05) is 15.8 Å². The van der Waals surface area contributed by atoms with Crippen LogP contribution in [0.5, 0.6) is 0 Å². The third-order valence-corrected chi connectivity index (χ3v) is 5.65. The topological polar surface area (TPSA) is 0 Å². The van der Waals surface area contributed by atoms with Gasteiger partial charge in [0.2, 0.25) is 6.71 Å². The maximum absolute atomic E-state index is 14.4. The van der Waals surface area contributed by atoms with Gasteiger partial charge in [-0.25, -0.2) is 43.9 Å². The number of hydrogen-bond acceptors (Lipinski definition) is 1. The minimum Gasteiger partial charge on any atom is -0.204 e. The molecule has 0 aliphatic rings. The fraction of sp³-hybridized carbons (Fsp3) is 0.100. The number of halogens is 10. The molecule has 0 nitrogen and oxygen atoms in total. The monoisotopic (exact) mass is 482 g/mol. The molecule has 12 heteroatoms. The average Bonchev–Trinajstić information content (AvgIpc) is 2.79.